The van der Waals surface area contributed by atoms with Gasteiger partial charge in [-0.25, -0.2) is 17.9 Å². The van der Waals surface area contributed by atoms with Crippen LogP contribution in [-0.4, -0.2) is 40.1 Å². The molecule has 0 spiro atoms. The van der Waals surface area contributed by atoms with Gasteiger partial charge in [0.2, 0.25) is 15.8 Å². The smallest absolute Gasteiger partial charge is 0.374 e. The lowest BCUT2D eigenvalue weighted by atomic mass is 10.1. The average molecular weight is 368 g/mol. The number of benzene rings is 1. The van der Waals surface area contributed by atoms with Gasteiger partial charge in [-0.3, -0.25) is 0 Å². The third-order valence-corrected chi connectivity index (χ3v) is 5.23. The zero-order chi connectivity index (χ0) is 18.6. The second kappa shape index (κ2) is 7.99. The molecule has 25 heavy (non-hydrogen) atoms. The molecule has 0 fully saturated rings. The molecule has 7 nitrogen and oxygen atoms in total. The molecule has 0 unspecified atom stereocenters. The molecule has 2 N–H and O–H groups in total. The van der Waals surface area contributed by atoms with Crippen molar-refractivity contribution in [2.24, 2.45) is 0 Å². The first-order valence-corrected chi connectivity index (χ1v) is 9.71. The van der Waals surface area contributed by atoms with Crippen LogP contribution in [0.1, 0.15) is 36.9 Å². The van der Waals surface area contributed by atoms with Crippen LogP contribution in [0.15, 0.2) is 27.5 Å². The van der Waals surface area contributed by atoms with Crippen molar-refractivity contribution in [2.75, 3.05) is 19.7 Å². The number of furan rings is 1. The number of rotatable bonds is 8. The van der Waals surface area contributed by atoms with Crippen LogP contribution in [0.3, 0.4) is 0 Å². The number of hydrogen-bond acceptors (Lipinski definition) is 6. The van der Waals surface area contributed by atoms with Crippen molar-refractivity contribution in [1.82, 2.24) is 10.0 Å². The molecule has 138 valence electrons. The van der Waals surface area contributed by atoms with Gasteiger partial charge in [0.15, 0.2) is 0 Å². The Labute approximate surface area is 147 Å². The highest BCUT2D eigenvalue weighted by molar-refractivity contribution is 7.89. The Kier molecular flexibility index (Phi) is 6.21. The maximum atomic E-state index is 12.5. The molecule has 0 amide bonds. The number of likely N-dealkylation sites (N-methyl/N-ethyl adjacent to an activating group) is 1. The lowest BCUT2D eigenvalue weighted by Gasteiger charge is -2.13. The Balaban J connectivity index is 2.31. The summed E-state index contributed by atoms with van der Waals surface area (Å²) in [6, 6.07) is 4.54. The maximum absolute atomic E-state index is 12.5. The van der Waals surface area contributed by atoms with Gasteiger partial charge in [0.1, 0.15) is 5.58 Å². The highest BCUT2D eigenvalue weighted by Crippen LogP contribution is 2.28. The molecule has 1 aromatic carbocycles. The van der Waals surface area contributed by atoms with E-state index in [0.29, 0.717) is 16.5 Å². The van der Waals surface area contributed by atoms with Crippen LogP contribution in [0.2, 0.25) is 0 Å². The van der Waals surface area contributed by atoms with E-state index in [-0.39, 0.29) is 29.8 Å². The van der Waals surface area contributed by atoms with E-state index < -0.39 is 16.0 Å². The Hall–Kier alpha value is -1.90. The lowest BCUT2D eigenvalue weighted by Crippen LogP contribution is -2.38. The van der Waals surface area contributed by atoms with Gasteiger partial charge in [-0.05, 0) is 45.5 Å². The summed E-state index contributed by atoms with van der Waals surface area (Å²) in [4.78, 5) is 12.0. The van der Waals surface area contributed by atoms with Gasteiger partial charge in [0, 0.05) is 23.5 Å². The fraction of sp³-hybridized carbons (Fsp3) is 0.471. The maximum Gasteiger partial charge on any atom is 0.374 e. The minimum Gasteiger partial charge on any atom is -0.460 e. The van der Waals surface area contributed by atoms with Gasteiger partial charge in [0.25, 0.3) is 0 Å². The number of esters is 1. The van der Waals surface area contributed by atoms with E-state index in [2.05, 4.69) is 10.0 Å². The molecule has 1 aromatic heterocycles. The van der Waals surface area contributed by atoms with Crippen LogP contribution in [0.4, 0.5) is 0 Å². The van der Waals surface area contributed by atoms with E-state index in [0.717, 1.165) is 6.54 Å². The molecule has 0 aliphatic rings. The molecule has 8 heteroatoms. The van der Waals surface area contributed by atoms with Crippen LogP contribution >= 0.6 is 0 Å². The molecule has 0 saturated carbocycles. The van der Waals surface area contributed by atoms with Gasteiger partial charge in [-0.15, -0.1) is 0 Å². The molecule has 0 aliphatic heterocycles. The average Bonchev–Trinajstić information content (AvgIpc) is 2.90. The number of sulfonamides is 1. The third-order valence-electron chi connectivity index (χ3n) is 3.81. The van der Waals surface area contributed by atoms with Crippen molar-refractivity contribution in [3.63, 3.8) is 0 Å². The predicted octanol–water partition coefficient (Wildman–Crippen LogP) is 2.19. The zero-order valence-electron chi connectivity index (χ0n) is 14.9. The van der Waals surface area contributed by atoms with Crippen molar-refractivity contribution in [3.8, 4) is 0 Å². The van der Waals surface area contributed by atoms with E-state index in [4.69, 9.17) is 9.15 Å². The Morgan fingerprint density at radius 2 is 2.04 bits per heavy atom. The topological polar surface area (TPSA) is 97.6 Å². The quantitative estimate of drug-likeness (QED) is 0.693. The number of ether oxygens (including phenoxy) is 1. The van der Waals surface area contributed by atoms with Gasteiger partial charge in [-0.2, -0.15) is 0 Å². The Morgan fingerprint density at radius 3 is 2.68 bits per heavy atom. The minimum atomic E-state index is -3.65. The Bertz CT molecular complexity index is 857. The van der Waals surface area contributed by atoms with E-state index in [1.54, 1.807) is 19.9 Å². The first-order chi connectivity index (χ1) is 11.8. The first kappa shape index (κ1) is 19.4. The van der Waals surface area contributed by atoms with Gasteiger partial charge < -0.3 is 14.5 Å². The number of fused-ring (bicyclic) bond motifs is 1. The van der Waals surface area contributed by atoms with Gasteiger partial charge in [-0.1, -0.05) is 6.92 Å². The number of hydrogen-bond donors (Lipinski definition) is 2. The third kappa shape index (κ3) is 4.39. The van der Waals surface area contributed by atoms with E-state index >= 15 is 0 Å². The number of carbonyl (C=O) groups excluding carboxylic acids is 1. The molecule has 2 aromatic rings. The SMILES string of the molecule is CCN[C@H](C)CNS(=O)(=O)c1ccc2oc(C(=O)OCC)c(C)c2c1. The summed E-state index contributed by atoms with van der Waals surface area (Å²) in [6.07, 6.45) is 0. The summed E-state index contributed by atoms with van der Waals surface area (Å²) in [5.41, 5.74) is 1.01. The highest BCUT2D eigenvalue weighted by atomic mass is 32.2. The summed E-state index contributed by atoms with van der Waals surface area (Å²) in [5, 5.41) is 3.72. The molecule has 0 saturated heterocycles. The predicted molar refractivity (Wildman–Crippen MR) is 95.2 cm³/mol. The lowest BCUT2D eigenvalue weighted by molar-refractivity contribution is 0.0491. The summed E-state index contributed by atoms with van der Waals surface area (Å²) in [7, 11) is -3.65. The molecular formula is C17H24N2O5S. The monoisotopic (exact) mass is 368 g/mol. The van der Waals surface area contributed by atoms with Crippen LogP contribution < -0.4 is 10.0 Å². The number of carbonyl (C=O) groups is 1. The van der Waals surface area contributed by atoms with Crippen molar-refractivity contribution in [2.45, 2.75) is 38.6 Å². The first-order valence-electron chi connectivity index (χ1n) is 8.23. The number of nitrogens with one attached hydrogen (secondary N) is 2. The second-order valence-corrected chi connectivity index (χ2v) is 7.51. The fourth-order valence-electron chi connectivity index (χ4n) is 2.50. The van der Waals surface area contributed by atoms with E-state index in [9.17, 15) is 13.2 Å². The van der Waals surface area contributed by atoms with Crippen LogP contribution in [0.5, 0.6) is 0 Å². The van der Waals surface area contributed by atoms with Crippen LogP contribution in [0.25, 0.3) is 11.0 Å². The molecule has 1 atom stereocenters. The van der Waals surface area contributed by atoms with E-state index in [1.165, 1.54) is 12.1 Å². The molecule has 2 rings (SSSR count). The molecule has 1 heterocycles. The molecular weight excluding hydrogens is 344 g/mol. The molecule has 0 bridgehead atoms. The summed E-state index contributed by atoms with van der Waals surface area (Å²) in [5.74, 6) is -0.460. The summed E-state index contributed by atoms with van der Waals surface area (Å²) >= 11 is 0. The number of aryl methyl sites for hydroxylation is 1. The van der Waals surface area contributed by atoms with Crippen molar-refractivity contribution in [3.05, 3.63) is 29.5 Å². The van der Waals surface area contributed by atoms with Crippen molar-refractivity contribution >= 4 is 27.0 Å². The van der Waals surface area contributed by atoms with Crippen LogP contribution in [-0.2, 0) is 14.8 Å². The molecule has 0 radical (unpaired) electrons. The van der Waals surface area contributed by atoms with Crippen molar-refractivity contribution < 1.29 is 22.4 Å². The standard InChI is InChI=1S/C17H24N2O5S/c1-5-18-11(3)10-19-25(21,22)13-7-8-15-14(9-13)12(4)16(24-15)17(20)23-6-2/h7-9,11,18-19H,5-6,10H2,1-4H3/t11-/m1/s1. The van der Waals surface area contributed by atoms with Crippen molar-refractivity contribution in [1.29, 1.82) is 0 Å². The largest absolute Gasteiger partial charge is 0.460 e. The highest BCUT2D eigenvalue weighted by Gasteiger charge is 2.21. The van der Waals surface area contributed by atoms with Gasteiger partial charge >= 0.3 is 5.97 Å². The Morgan fingerprint density at radius 1 is 1.32 bits per heavy atom. The minimum absolute atomic E-state index is 0.0228. The fourth-order valence-corrected chi connectivity index (χ4v) is 3.65. The van der Waals surface area contributed by atoms with Gasteiger partial charge in [0.05, 0.1) is 11.5 Å². The van der Waals surface area contributed by atoms with E-state index in [1.807, 2.05) is 13.8 Å². The summed E-state index contributed by atoms with van der Waals surface area (Å²) < 4.78 is 38.0. The second-order valence-electron chi connectivity index (χ2n) is 5.75. The molecule has 0 aliphatic carbocycles. The normalized spacial score (nSPS) is 13.1. The summed E-state index contributed by atoms with van der Waals surface area (Å²) in [6.45, 7) is 8.56. The zero-order valence-corrected chi connectivity index (χ0v) is 15.7. The van der Waals surface area contributed by atoms with Crippen LogP contribution in [0, 0.1) is 6.92 Å².